The molecular weight excluding hydrogens is 288 g/mol. The summed E-state index contributed by atoms with van der Waals surface area (Å²) in [6, 6.07) is 9.82. The SMILES string of the molecule is CNCc1cn[nH]c1S(=O)(=O)N(C)CCc1ccccc1. The van der Waals surface area contributed by atoms with Crippen LogP contribution in [0.3, 0.4) is 0 Å². The summed E-state index contributed by atoms with van der Waals surface area (Å²) in [4.78, 5) is 0. The van der Waals surface area contributed by atoms with E-state index >= 15 is 0 Å². The van der Waals surface area contributed by atoms with E-state index in [1.165, 1.54) is 10.5 Å². The second kappa shape index (κ2) is 6.84. The van der Waals surface area contributed by atoms with Gasteiger partial charge in [0.1, 0.15) is 0 Å². The molecule has 0 atom stereocenters. The van der Waals surface area contributed by atoms with Crippen LogP contribution in [0.25, 0.3) is 0 Å². The molecule has 6 nitrogen and oxygen atoms in total. The molecule has 1 heterocycles. The molecule has 7 heteroatoms. The first kappa shape index (κ1) is 15.7. The van der Waals surface area contributed by atoms with Gasteiger partial charge >= 0.3 is 0 Å². The molecular formula is C14H20N4O2S. The molecule has 1 aromatic heterocycles. The molecule has 0 aliphatic heterocycles. The number of benzene rings is 1. The van der Waals surface area contributed by atoms with Crippen molar-refractivity contribution in [2.75, 3.05) is 20.6 Å². The van der Waals surface area contributed by atoms with E-state index in [4.69, 9.17) is 0 Å². The lowest BCUT2D eigenvalue weighted by atomic mass is 10.2. The molecule has 0 amide bonds. The van der Waals surface area contributed by atoms with Crippen LogP contribution in [-0.4, -0.2) is 43.6 Å². The van der Waals surface area contributed by atoms with Crippen LogP contribution in [0, 0.1) is 0 Å². The Morgan fingerprint density at radius 2 is 2.00 bits per heavy atom. The van der Waals surface area contributed by atoms with Crippen LogP contribution < -0.4 is 5.32 Å². The van der Waals surface area contributed by atoms with Gasteiger partial charge in [0.25, 0.3) is 10.0 Å². The van der Waals surface area contributed by atoms with E-state index in [1.54, 1.807) is 14.1 Å². The summed E-state index contributed by atoms with van der Waals surface area (Å²) in [6.45, 7) is 0.877. The summed E-state index contributed by atoms with van der Waals surface area (Å²) in [6.07, 6.45) is 2.21. The normalized spacial score (nSPS) is 12.0. The van der Waals surface area contributed by atoms with Gasteiger partial charge in [-0.15, -0.1) is 0 Å². The van der Waals surface area contributed by atoms with Gasteiger partial charge in [0, 0.05) is 25.7 Å². The van der Waals surface area contributed by atoms with Gasteiger partial charge < -0.3 is 5.32 Å². The minimum absolute atomic E-state index is 0.160. The van der Waals surface area contributed by atoms with Crippen molar-refractivity contribution in [1.82, 2.24) is 19.8 Å². The van der Waals surface area contributed by atoms with Gasteiger partial charge in [0.15, 0.2) is 5.03 Å². The lowest BCUT2D eigenvalue weighted by Gasteiger charge is -2.17. The molecule has 114 valence electrons. The van der Waals surface area contributed by atoms with Crippen molar-refractivity contribution in [2.24, 2.45) is 0 Å². The van der Waals surface area contributed by atoms with Crippen LogP contribution in [0.5, 0.6) is 0 Å². The van der Waals surface area contributed by atoms with Crippen LogP contribution in [0.1, 0.15) is 11.1 Å². The fourth-order valence-electron chi connectivity index (χ4n) is 2.05. The molecule has 0 saturated carbocycles. The Morgan fingerprint density at radius 1 is 1.29 bits per heavy atom. The first-order chi connectivity index (χ1) is 10.1. The average molecular weight is 308 g/mol. The minimum atomic E-state index is -3.54. The van der Waals surface area contributed by atoms with Crippen LogP contribution in [-0.2, 0) is 23.0 Å². The summed E-state index contributed by atoms with van der Waals surface area (Å²) in [7, 11) is -0.191. The maximum absolute atomic E-state index is 12.5. The number of sulfonamides is 1. The molecule has 0 saturated heterocycles. The largest absolute Gasteiger partial charge is 0.316 e. The highest BCUT2D eigenvalue weighted by Gasteiger charge is 2.25. The second-order valence-corrected chi connectivity index (χ2v) is 6.80. The molecule has 2 aromatic rings. The molecule has 0 spiro atoms. The van der Waals surface area contributed by atoms with Crippen molar-refractivity contribution in [1.29, 1.82) is 0 Å². The predicted molar refractivity (Wildman–Crippen MR) is 81.3 cm³/mol. The zero-order valence-corrected chi connectivity index (χ0v) is 13.0. The quantitative estimate of drug-likeness (QED) is 0.799. The molecule has 0 fully saturated rings. The lowest BCUT2D eigenvalue weighted by molar-refractivity contribution is 0.468. The van der Waals surface area contributed by atoms with Gasteiger partial charge in [-0.3, -0.25) is 5.10 Å². The molecule has 0 unspecified atom stereocenters. The molecule has 2 N–H and O–H groups in total. The van der Waals surface area contributed by atoms with Crippen molar-refractivity contribution < 1.29 is 8.42 Å². The Labute approximate surface area is 125 Å². The topological polar surface area (TPSA) is 78.1 Å². The Balaban J connectivity index is 2.09. The highest BCUT2D eigenvalue weighted by Crippen LogP contribution is 2.16. The predicted octanol–water partition coefficient (Wildman–Crippen LogP) is 0.992. The van der Waals surface area contributed by atoms with E-state index in [2.05, 4.69) is 15.5 Å². The van der Waals surface area contributed by atoms with Crippen LogP contribution in [0.2, 0.25) is 0 Å². The van der Waals surface area contributed by atoms with Crippen molar-refractivity contribution >= 4 is 10.0 Å². The highest BCUT2D eigenvalue weighted by atomic mass is 32.2. The molecule has 1 aromatic carbocycles. The maximum Gasteiger partial charge on any atom is 0.260 e. The van der Waals surface area contributed by atoms with E-state index in [-0.39, 0.29) is 5.03 Å². The van der Waals surface area contributed by atoms with Gasteiger partial charge in [-0.2, -0.15) is 9.40 Å². The smallest absolute Gasteiger partial charge is 0.260 e. The van der Waals surface area contributed by atoms with Gasteiger partial charge in [0.05, 0.1) is 6.20 Å². The molecule has 0 radical (unpaired) electrons. The summed E-state index contributed by atoms with van der Waals surface area (Å²) in [5.74, 6) is 0. The van der Waals surface area contributed by atoms with E-state index in [0.717, 1.165) is 5.56 Å². The van der Waals surface area contributed by atoms with Crippen molar-refractivity contribution in [3.63, 3.8) is 0 Å². The molecule has 0 aliphatic carbocycles. The maximum atomic E-state index is 12.5. The van der Waals surface area contributed by atoms with E-state index in [9.17, 15) is 8.42 Å². The first-order valence-corrected chi connectivity index (χ1v) is 8.17. The Hall–Kier alpha value is -1.70. The lowest BCUT2D eigenvalue weighted by Crippen LogP contribution is -2.30. The minimum Gasteiger partial charge on any atom is -0.316 e. The van der Waals surface area contributed by atoms with Gasteiger partial charge in [-0.05, 0) is 19.0 Å². The number of hydrogen-bond donors (Lipinski definition) is 2. The number of hydrogen-bond acceptors (Lipinski definition) is 4. The van der Waals surface area contributed by atoms with E-state index in [0.29, 0.717) is 25.1 Å². The number of H-pyrrole nitrogens is 1. The van der Waals surface area contributed by atoms with Crippen LogP contribution >= 0.6 is 0 Å². The average Bonchev–Trinajstić information content (AvgIpc) is 2.95. The fraction of sp³-hybridized carbons (Fsp3) is 0.357. The third-order valence-electron chi connectivity index (χ3n) is 3.27. The summed E-state index contributed by atoms with van der Waals surface area (Å²) in [5.41, 5.74) is 1.75. The first-order valence-electron chi connectivity index (χ1n) is 6.73. The summed E-state index contributed by atoms with van der Waals surface area (Å²) >= 11 is 0. The number of aromatic amines is 1. The Kier molecular flexibility index (Phi) is 5.11. The number of nitrogens with one attached hydrogen (secondary N) is 2. The number of rotatable bonds is 7. The van der Waals surface area contributed by atoms with E-state index in [1.807, 2.05) is 30.3 Å². The molecule has 0 aliphatic rings. The Morgan fingerprint density at radius 3 is 2.67 bits per heavy atom. The van der Waals surface area contributed by atoms with Crippen LogP contribution in [0.15, 0.2) is 41.6 Å². The van der Waals surface area contributed by atoms with Gasteiger partial charge in [-0.25, -0.2) is 8.42 Å². The summed E-state index contributed by atoms with van der Waals surface area (Å²) < 4.78 is 26.4. The number of nitrogens with zero attached hydrogens (tertiary/aromatic N) is 2. The van der Waals surface area contributed by atoms with Gasteiger partial charge in [0.2, 0.25) is 0 Å². The monoisotopic (exact) mass is 308 g/mol. The third-order valence-corrected chi connectivity index (χ3v) is 5.14. The molecule has 0 bridgehead atoms. The zero-order valence-electron chi connectivity index (χ0n) is 12.2. The fourth-order valence-corrected chi connectivity index (χ4v) is 3.31. The van der Waals surface area contributed by atoms with E-state index < -0.39 is 10.0 Å². The molecule has 21 heavy (non-hydrogen) atoms. The number of likely N-dealkylation sites (N-methyl/N-ethyl adjacent to an activating group) is 1. The summed E-state index contributed by atoms with van der Waals surface area (Å²) in [5, 5.41) is 9.52. The van der Waals surface area contributed by atoms with Crippen molar-refractivity contribution in [3.8, 4) is 0 Å². The molecule has 2 rings (SSSR count). The van der Waals surface area contributed by atoms with Crippen molar-refractivity contribution in [2.45, 2.75) is 18.0 Å². The standard InChI is InChI=1S/C14H20N4O2S/c1-15-10-13-11-16-17-14(13)21(19,20)18(2)9-8-12-6-4-3-5-7-12/h3-7,11,15H,8-10H2,1-2H3,(H,16,17). The van der Waals surface area contributed by atoms with Gasteiger partial charge in [-0.1, -0.05) is 30.3 Å². The zero-order chi connectivity index (χ0) is 15.3. The van der Waals surface area contributed by atoms with Crippen molar-refractivity contribution in [3.05, 3.63) is 47.7 Å². The Bertz CT molecular complexity index is 667. The highest BCUT2D eigenvalue weighted by molar-refractivity contribution is 7.89. The third kappa shape index (κ3) is 3.69. The number of aromatic nitrogens is 2. The second-order valence-electron chi connectivity index (χ2n) is 4.82. The van der Waals surface area contributed by atoms with Crippen LogP contribution in [0.4, 0.5) is 0 Å².